The Hall–Kier alpha value is -3.49. The van der Waals surface area contributed by atoms with Crippen molar-refractivity contribution >= 4 is 11.7 Å². The van der Waals surface area contributed by atoms with Crippen LogP contribution in [0, 0.1) is 0 Å². The van der Waals surface area contributed by atoms with E-state index in [0.29, 0.717) is 6.54 Å². The van der Waals surface area contributed by atoms with Crippen LogP contribution in [0.25, 0.3) is 11.3 Å². The van der Waals surface area contributed by atoms with E-state index in [-0.39, 0.29) is 5.91 Å². The highest BCUT2D eigenvalue weighted by Gasteiger charge is 2.30. The van der Waals surface area contributed by atoms with Crippen LogP contribution in [0.3, 0.4) is 0 Å². The van der Waals surface area contributed by atoms with Gasteiger partial charge in [-0.05, 0) is 49.2 Å². The monoisotopic (exact) mass is 512 g/mol. The lowest BCUT2D eigenvalue weighted by Gasteiger charge is -2.43. The molecule has 1 aliphatic carbocycles. The first-order valence-electron chi connectivity index (χ1n) is 13.9. The largest absolute Gasteiger partial charge is 0.457 e. The summed E-state index contributed by atoms with van der Waals surface area (Å²) in [6.07, 6.45) is 4.04. The molecule has 0 bridgehead atoms. The fourth-order valence-electron chi connectivity index (χ4n) is 5.51. The fraction of sp³-hybridized carbons (Fsp3) is 0.433. The van der Waals surface area contributed by atoms with E-state index < -0.39 is 0 Å². The first kappa shape index (κ1) is 24.8. The Morgan fingerprint density at radius 2 is 1.55 bits per heavy atom. The third kappa shape index (κ3) is 5.81. The number of anilines is 1. The molecular weight excluding hydrogens is 476 g/mol. The van der Waals surface area contributed by atoms with E-state index in [1.54, 1.807) is 0 Å². The van der Waals surface area contributed by atoms with E-state index in [2.05, 4.69) is 29.8 Å². The molecule has 198 valence electrons. The van der Waals surface area contributed by atoms with Crippen LogP contribution in [0.15, 0.2) is 66.7 Å². The molecular formula is C30H36N6O2. The van der Waals surface area contributed by atoms with E-state index in [0.717, 1.165) is 87.0 Å². The minimum atomic E-state index is 0.273. The minimum Gasteiger partial charge on any atom is -0.457 e. The maximum Gasteiger partial charge on any atom is 0.236 e. The molecule has 3 aliphatic rings. The van der Waals surface area contributed by atoms with Crippen molar-refractivity contribution in [3.63, 3.8) is 0 Å². The normalized spacial score (nSPS) is 19.3. The molecule has 0 spiro atoms. The third-order valence-corrected chi connectivity index (χ3v) is 8.07. The van der Waals surface area contributed by atoms with Crippen molar-refractivity contribution < 1.29 is 9.53 Å². The van der Waals surface area contributed by atoms with E-state index in [4.69, 9.17) is 4.74 Å². The van der Waals surface area contributed by atoms with Crippen LogP contribution in [0.5, 0.6) is 11.5 Å². The lowest BCUT2D eigenvalue weighted by molar-refractivity contribution is -0.134. The van der Waals surface area contributed by atoms with Crippen molar-refractivity contribution in [2.75, 3.05) is 63.8 Å². The summed E-state index contributed by atoms with van der Waals surface area (Å²) in [5.41, 5.74) is 1.78. The summed E-state index contributed by atoms with van der Waals surface area (Å²) in [6.45, 7) is 7.73. The van der Waals surface area contributed by atoms with Crippen LogP contribution >= 0.6 is 0 Å². The highest BCUT2D eigenvalue weighted by atomic mass is 16.5. The van der Waals surface area contributed by atoms with Crippen LogP contribution < -0.4 is 9.64 Å². The predicted octanol–water partition coefficient (Wildman–Crippen LogP) is 3.75. The molecule has 2 aliphatic heterocycles. The van der Waals surface area contributed by atoms with Gasteiger partial charge in [-0.15, -0.1) is 10.2 Å². The number of carbonyl (C=O) groups is 1. The van der Waals surface area contributed by atoms with Gasteiger partial charge in [-0.25, -0.2) is 0 Å². The second-order valence-corrected chi connectivity index (χ2v) is 10.5. The average molecular weight is 513 g/mol. The van der Waals surface area contributed by atoms with Crippen LogP contribution in [-0.2, 0) is 4.79 Å². The first-order valence-corrected chi connectivity index (χ1v) is 13.9. The predicted molar refractivity (Wildman–Crippen MR) is 148 cm³/mol. The zero-order chi connectivity index (χ0) is 25.7. The molecule has 2 saturated heterocycles. The number of nitrogens with zero attached hydrogens (tertiary/aromatic N) is 6. The van der Waals surface area contributed by atoms with Crippen LogP contribution in [-0.4, -0.2) is 95.7 Å². The maximum absolute atomic E-state index is 12.9. The highest BCUT2D eigenvalue weighted by molar-refractivity contribution is 5.78. The second kappa shape index (κ2) is 11.5. The van der Waals surface area contributed by atoms with Crippen molar-refractivity contribution in [2.24, 2.45) is 0 Å². The van der Waals surface area contributed by atoms with Gasteiger partial charge in [-0.3, -0.25) is 14.6 Å². The van der Waals surface area contributed by atoms with Gasteiger partial charge in [-0.2, -0.15) is 0 Å². The molecule has 3 aromatic rings. The number of para-hydroxylation sites is 1. The van der Waals surface area contributed by atoms with Crippen molar-refractivity contribution in [2.45, 2.75) is 25.3 Å². The molecule has 8 nitrogen and oxygen atoms in total. The molecule has 6 rings (SSSR count). The van der Waals surface area contributed by atoms with Gasteiger partial charge in [0.25, 0.3) is 0 Å². The Morgan fingerprint density at radius 3 is 2.24 bits per heavy atom. The van der Waals surface area contributed by atoms with Crippen LogP contribution in [0.1, 0.15) is 19.3 Å². The zero-order valence-corrected chi connectivity index (χ0v) is 21.9. The van der Waals surface area contributed by atoms with Gasteiger partial charge in [0.1, 0.15) is 11.5 Å². The maximum atomic E-state index is 12.9. The lowest BCUT2D eigenvalue weighted by Crippen LogP contribution is -2.56. The molecule has 3 fully saturated rings. The Morgan fingerprint density at radius 1 is 0.789 bits per heavy atom. The van der Waals surface area contributed by atoms with E-state index in [1.807, 2.05) is 66.7 Å². The second-order valence-electron chi connectivity index (χ2n) is 10.5. The molecule has 8 heteroatoms. The smallest absolute Gasteiger partial charge is 0.236 e. The van der Waals surface area contributed by atoms with Gasteiger partial charge in [-0.1, -0.05) is 36.8 Å². The number of aromatic nitrogens is 2. The minimum absolute atomic E-state index is 0.273. The molecule has 2 aromatic carbocycles. The topological polar surface area (TPSA) is 65.0 Å². The number of amides is 1. The molecule has 0 atom stereocenters. The molecule has 0 N–H and O–H groups in total. The number of hydrogen-bond donors (Lipinski definition) is 0. The first-order chi connectivity index (χ1) is 18.7. The summed E-state index contributed by atoms with van der Waals surface area (Å²) in [5, 5.41) is 9.03. The number of benzene rings is 2. The quantitative estimate of drug-likeness (QED) is 0.478. The summed E-state index contributed by atoms with van der Waals surface area (Å²) >= 11 is 0. The highest BCUT2D eigenvalue weighted by Crippen LogP contribution is 2.27. The molecule has 1 saturated carbocycles. The fourth-order valence-corrected chi connectivity index (χ4v) is 5.51. The Bertz CT molecular complexity index is 1200. The van der Waals surface area contributed by atoms with E-state index >= 15 is 0 Å². The van der Waals surface area contributed by atoms with Gasteiger partial charge in [0.2, 0.25) is 5.91 Å². The van der Waals surface area contributed by atoms with Crippen molar-refractivity contribution in [3.05, 3.63) is 66.7 Å². The Kier molecular flexibility index (Phi) is 7.51. The molecule has 38 heavy (non-hydrogen) atoms. The van der Waals surface area contributed by atoms with Crippen molar-refractivity contribution in [3.8, 4) is 22.8 Å². The van der Waals surface area contributed by atoms with Gasteiger partial charge in [0.05, 0.1) is 12.2 Å². The molecule has 3 heterocycles. The summed E-state index contributed by atoms with van der Waals surface area (Å²) in [5.74, 6) is 2.72. The number of ether oxygens (including phenoxy) is 1. The lowest BCUT2D eigenvalue weighted by atomic mass is 9.91. The Balaban J connectivity index is 0.984. The summed E-state index contributed by atoms with van der Waals surface area (Å²) in [6, 6.07) is 22.5. The summed E-state index contributed by atoms with van der Waals surface area (Å²) in [4.78, 5) is 22.1. The summed E-state index contributed by atoms with van der Waals surface area (Å²) < 4.78 is 5.97. The standard InChI is InChI=1S/C30H36N6O2/c37-30(36-20-18-34(19-21-36)25-7-5-8-25)23-33-14-16-35(17-15-33)29-13-12-28(31-32-29)24-6-4-11-27(22-24)38-26-9-2-1-3-10-26/h1-4,6,9-13,22,25H,5,7-8,14-21,23H2. The summed E-state index contributed by atoms with van der Waals surface area (Å²) in [7, 11) is 0. The van der Waals surface area contributed by atoms with E-state index in [1.165, 1.54) is 19.3 Å². The molecule has 0 unspecified atom stereocenters. The number of rotatable bonds is 7. The van der Waals surface area contributed by atoms with Crippen molar-refractivity contribution in [1.29, 1.82) is 0 Å². The zero-order valence-electron chi connectivity index (χ0n) is 21.9. The van der Waals surface area contributed by atoms with Gasteiger partial charge in [0.15, 0.2) is 5.82 Å². The number of hydrogen-bond acceptors (Lipinski definition) is 7. The number of piperazine rings is 2. The average Bonchev–Trinajstić information content (AvgIpc) is 2.94. The van der Waals surface area contributed by atoms with Gasteiger partial charge < -0.3 is 14.5 Å². The third-order valence-electron chi connectivity index (χ3n) is 8.07. The number of carbonyl (C=O) groups excluding carboxylic acids is 1. The van der Waals surface area contributed by atoms with Gasteiger partial charge >= 0.3 is 0 Å². The van der Waals surface area contributed by atoms with Crippen molar-refractivity contribution in [1.82, 2.24) is 24.9 Å². The van der Waals surface area contributed by atoms with Crippen LogP contribution in [0.2, 0.25) is 0 Å². The van der Waals surface area contributed by atoms with E-state index in [9.17, 15) is 4.79 Å². The SMILES string of the molecule is O=C(CN1CCN(c2ccc(-c3cccc(Oc4ccccc4)c3)nn2)CC1)N1CCN(C2CCC2)CC1. The molecule has 0 radical (unpaired) electrons. The van der Waals surface area contributed by atoms with Crippen LogP contribution in [0.4, 0.5) is 5.82 Å². The van der Waals surface area contributed by atoms with Gasteiger partial charge in [0, 0.05) is 64.0 Å². The molecule has 1 amide bonds. The molecule has 1 aromatic heterocycles. The Labute approximate surface area is 224 Å².